The Labute approximate surface area is 85.9 Å². The summed E-state index contributed by atoms with van der Waals surface area (Å²) in [7, 11) is 0. The Bertz CT molecular complexity index is 169. The number of nitrogens with two attached hydrogens (primary N) is 1. The van der Waals surface area contributed by atoms with Crippen molar-refractivity contribution in [3.05, 3.63) is 0 Å². The molecule has 14 heavy (non-hydrogen) atoms. The van der Waals surface area contributed by atoms with E-state index in [-0.39, 0.29) is 6.29 Å². The van der Waals surface area contributed by atoms with Gasteiger partial charge < -0.3 is 15.2 Å². The molecule has 0 bridgehead atoms. The van der Waals surface area contributed by atoms with Crippen molar-refractivity contribution in [2.75, 3.05) is 19.8 Å². The van der Waals surface area contributed by atoms with E-state index in [9.17, 15) is 0 Å². The maximum Gasteiger partial charge on any atom is 0.158 e. The van der Waals surface area contributed by atoms with Gasteiger partial charge >= 0.3 is 0 Å². The molecule has 2 unspecified atom stereocenters. The molecule has 82 valence electrons. The van der Waals surface area contributed by atoms with Crippen molar-refractivity contribution in [2.45, 2.75) is 38.4 Å². The lowest BCUT2D eigenvalue weighted by Crippen LogP contribution is -2.25. The molecule has 1 heterocycles. The molecule has 1 aliphatic heterocycles. The third-order valence-corrected chi connectivity index (χ3v) is 3.44. The van der Waals surface area contributed by atoms with Crippen LogP contribution >= 0.6 is 0 Å². The van der Waals surface area contributed by atoms with Gasteiger partial charge in [0, 0.05) is 6.42 Å². The summed E-state index contributed by atoms with van der Waals surface area (Å²) in [6, 6.07) is 0. The predicted molar refractivity (Wildman–Crippen MR) is 54.8 cm³/mol. The maximum absolute atomic E-state index is 5.71. The van der Waals surface area contributed by atoms with Gasteiger partial charge in [-0.1, -0.05) is 12.8 Å². The Hall–Kier alpha value is -0.120. The fourth-order valence-corrected chi connectivity index (χ4v) is 2.65. The molecule has 2 N–H and O–H groups in total. The molecule has 2 aliphatic rings. The number of rotatable bonds is 3. The molecule has 2 atom stereocenters. The molecule has 2 rings (SSSR count). The summed E-state index contributed by atoms with van der Waals surface area (Å²) in [5.41, 5.74) is 5.71. The molecular formula is C11H21NO2. The van der Waals surface area contributed by atoms with Crippen LogP contribution in [0, 0.1) is 11.8 Å². The van der Waals surface area contributed by atoms with E-state index in [1.165, 1.54) is 25.7 Å². The third-order valence-electron chi connectivity index (χ3n) is 3.44. The summed E-state index contributed by atoms with van der Waals surface area (Å²) in [4.78, 5) is 0. The first kappa shape index (κ1) is 10.4. The molecule has 1 saturated heterocycles. The van der Waals surface area contributed by atoms with E-state index in [4.69, 9.17) is 15.2 Å². The highest BCUT2D eigenvalue weighted by atomic mass is 16.7. The van der Waals surface area contributed by atoms with Gasteiger partial charge in [0.25, 0.3) is 0 Å². The van der Waals surface area contributed by atoms with E-state index in [1.807, 2.05) is 0 Å². The fourth-order valence-electron chi connectivity index (χ4n) is 2.65. The van der Waals surface area contributed by atoms with Gasteiger partial charge in [0.2, 0.25) is 0 Å². The third kappa shape index (κ3) is 2.69. The van der Waals surface area contributed by atoms with Crippen LogP contribution in [0.25, 0.3) is 0 Å². The van der Waals surface area contributed by atoms with Crippen LogP contribution in [0.3, 0.4) is 0 Å². The second-order valence-corrected chi connectivity index (χ2v) is 4.54. The van der Waals surface area contributed by atoms with E-state index in [0.29, 0.717) is 0 Å². The van der Waals surface area contributed by atoms with Gasteiger partial charge in [-0.3, -0.25) is 0 Å². The Kier molecular flexibility index (Phi) is 3.79. The summed E-state index contributed by atoms with van der Waals surface area (Å²) in [5.74, 6) is 1.52. The lowest BCUT2D eigenvalue weighted by molar-refractivity contribution is -0.0612. The lowest BCUT2D eigenvalue weighted by atomic mass is 9.80. The lowest BCUT2D eigenvalue weighted by Gasteiger charge is -2.29. The summed E-state index contributed by atoms with van der Waals surface area (Å²) >= 11 is 0. The van der Waals surface area contributed by atoms with E-state index >= 15 is 0 Å². The molecule has 0 spiro atoms. The Morgan fingerprint density at radius 3 is 2.50 bits per heavy atom. The molecule has 3 heteroatoms. The van der Waals surface area contributed by atoms with Crippen molar-refractivity contribution in [3.8, 4) is 0 Å². The minimum absolute atomic E-state index is 0.0801. The SMILES string of the molecule is NCC1CCCC(CC2OCCO2)C1. The van der Waals surface area contributed by atoms with Crippen LogP contribution in [0.1, 0.15) is 32.1 Å². The number of ether oxygens (including phenoxy) is 2. The zero-order chi connectivity index (χ0) is 9.80. The Balaban J connectivity index is 1.73. The molecule has 0 aromatic carbocycles. The Morgan fingerprint density at radius 2 is 1.79 bits per heavy atom. The minimum atomic E-state index is 0.0801. The van der Waals surface area contributed by atoms with Crippen LogP contribution in [0.4, 0.5) is 0 Å². The highest BCUT2D eigenvalue weighted by molar-refractivity contribution is 4.75. The van der Waals surface area contributed by atoms with Crippen LogP contribution in [-0.2, 0) is 9.47 Å². The quantitative estimate of drug-likeness (QED) is 0.749. The van der Waals surface area contributed by atoms with Crippen molar-refractivity contribution < 1.29 is 9.47 Å². The molecule has 3 nitrogen and oxygen atoms in total. The first-order valence-electron chi connectivity index (χ1n) is 5.81. The van der Waals surface area contributed by atoms with E-state index in [2.05, 4.69) is 0 Å². The monoisotopic (exact) mass is 199 g/mol. The molecule has 0 aromatic heterocycles. The highest BCUT2D eigenvalue weighted by Crippen LogP contribution is 2.32. The van der Waals surface area contributed by atoms with Crippen LogP contribution < -0.4 is 5.73 Å². The summed E-state index contributed by atoms with van der Waals surface area (Å²) in [5, 5.41) is 0. The van der Waals surface area contributed by atoms with Gasteiger partial charge in [-0.05, 0) is 31.2 Å². The van der Waals surface area contributed by atoms with Crippen LogP contribution in [0.2, 0.25) is 0 Å². The molecule has 0 amide bonds. The Morgan fingerprint density at radius 1 is 1.07 bits per heavy atom. The zero-order valence-corrected chi connectivity index (χ0v) is 8.78. The second kappa shape index (κ2) is 5.10. The summed E-state index contributed by atoms with van der Waals surface area (Å²) in [6.07, 6.45) is 6.42. The predicted octanol–water partition coefficient (Wildman–Crippen LogP) is 1.51. The molecule has 1 aliphatic carbocycles. The first-order chi connectivity index (χ1) is 6.88. The normalized spacial score (nSPS) is 34.9. The molecule has 0 aromatic rings. The maximum atomic E-state index is 5.71. The summed E-state index contributed by atoms with van der Waals surface area (Å²) < 4.78 is 10.9. The van der Waals surface area contributed by atoms with Gasteiger partial charge in [0.05, 0.1) is 13.2 Å². The van der Waals surface area contributed by atoms with Gasteiger partial charge in [-0.2, -0.15) is 0 Å². The van der Waals surface area contributed by atoms with E-state index in [1.54, 1.807) is 0 Å². The number of hydrogen-bond acceptors (Lipinski definition) is 3. The van der Waals surface area contributed by atoms with Crippen molar-refractivity contribution in [1.29, 1.82) is 0 Å². The topological polar surface area (TPSA) is 44.5 Å². The van der Waals surface area contributed by atoms with Crippen molar-refractivity contribution in [3.63, 3.8) is 0 Å². The van der Waals surface area contributed by atoms with Gasteiger partial charge in [-0.15, -0.1) is 0 Å². The molecular weight excluding hydrogens is 178 g/mol. The van der Waals surface area contributed by atoms with Crippen molar-refractivity contribution in [1.82, 2.24) is 0 Å². The standard InChI is InChI=1S/C11H21NO2/c12-8-10-3-1-2-9(6-10)7-11-13-4-5-14-11/h9-11H,1-8,12H2. The van der Waals surface area contributed by atoms with E-state index < -0.39 is 0 Å². The smallest absolute Gasteiger partial charge is 0.158 e. The fraction of sp³-hybridized carbons (Fsp3) is 1.00. The molecule has 2 fully saturated rings. The average Bonchev–Trinajstić information content (AvgIpc) is 2.71. The van der Waals surface area contributed by atoms with Crippen molar-refractivity contribution >= 4 is 0 Å². The number of hydrogen-bond donors (Lipinski definition) is 1. The van der Waals surface area contributed by atoms with Crippen LogP contribution in [-0.4, -0.2) is 26.0 Å². The first-order valence-corrected chi connectivity index (χ1v) is 5.81. The molecule has 0 radical (unpaired) electrons. The average molecular weight is 199 g/mol. The highest BCUT2D eigenvalue weighted by Gasteiger charge is 2.26. The van der Waals surface area contributed by atoms with Gasteiger partial charge in [-0.25, -0.2) is 0 Å². The second-order valence-electron chi connectivity index (χ2n) is 4.54. The summed E-state index contributed by atoms with van der Waals surface area (Å²) in [6.45, 7) is 2.40. The van der Waals surface area contributed by atoms with Crippen molar-refractivity contribution in [2.24, 2.45) is 17.6 Å². The van der Waals surface area contributed by atoms with Crippen LogP contribution in [0.15, 0.2) is 0 Å². The van der Waals surface area contributed by atoms with Crippen LogP contribution in [0.5, 0.6) is 0 Å². The molecule has 1 saturated carbocycles. The van der Waals surface area contributed by atoms with Gasteiger partial charge in [0.1, 0.15) is 0 Å². The van der Waals surface area contributed by atoms with Gasteiger partial charge in [0.15, 0.2) is 6.29 Å². The minimum Gasteiger partial charge on any atom is -0.350 e. The zero-order valence-electron chi connectivity index (χ0n) is 8.78. The largest absolute Gasteiger partial charge is 0.350 e. The van der Waals surface area contributed by atoms with E-state index in [0.717, 1.165) is 38.0 Å².